The van der Waals surface area contributed by atoms with Crippen molar-refractivity contribution in [1.29, 1.82) is 0 Å². The van der Waals surface area contributed by atoms with Crippen LogP contribution in [0, 0.1) is 0 Å². The van der Waals surface area contributed by atoms with Crippen LogP contribution in [0.2, 0.25) is 0 Å². The summed E-state index contributed by atoms with van der Waals surface area (Å²) in [7, 11) is 0. The Hall–Kier alpha value is -0.690. The van der Waals surface area contributed by atoms with Crippen LogP contribution in [0.3, 0.4) is 0 Å². The maximum atomic E-state index is 10.6. The van der Waals surface area contributed by atoms with E-state index in [1.807, 2.05) is 0 Å². The molecule has 0 aromatic carbocycles. The number of amides is 1. The van der Waals surface area contributed by atoms with Gasteiger partial charge in [-0.25, -0.2) is 0 Å². The molecule has 0 aromatic rings. The summed E-state index contributed by atoms with van der Waals surface area (Å²) in [5.41, 5.74) is 5.14. The third kappa shape index (κ3) is 7.20. The third-order valence-electron chi connectivity index (χ3n) is 0.786. The van der Waals surface area contributed by atoms with E-state index in [0.717, 1.165) is 0 Å². The molecule has 66 valence electrons. The molecule has 0 saturated heterocycles. The smallest absolute Gasteiger partial charge is 0.284 e. The van der Waals surface area contributed by atoms with Gasteiger partial charge in [0.1, 0.15) is 6.42 Å². The number of rotatable bonds is 3. The summed E-state index contributed by atoms with van der Waals surface area (Å²) in [6.45, 7) is 1.51. The number of aliphatic hydroxyl groups is 3. The lowest BCUT2D eigenvalue weighted by atomic mass is 10.3. The van der Waals surface area contributed by atoms with Crippen molar-refractivity contribution in [2.45, 2.75) is 25.5 Å². The van der Waals surface area contributed by atoms with E-state index in [1.165, 1.54) is 6.92 Å². The second kappa shape index (κ2) is 3.63. The minimum absolute atomic E-state index is 0.579. The van der Waals surface area contributed by atoms with Gasteiger partial charge in [0.2, 0.25) is 5.91 Å². The average Bonchev–Trinajstić information content (AvgIpc) is 1.53. The first kappa shape index (κ1) is 10.3. The maximum Gasteiger partial charge on any atom is 0.284 e. The van der Waals surface area contributed by atoms with Crippen molar-refractivity contribution in [3.8, 4) is 0 Å². The third-order valence-corrected chi connectivity index (χ3v) is 0.786. The molecule has 11 heavy (non-hydrogen) atoms. The van der Waals surface area contributed by atoms with Crippen LogP contribution in [-0.2, 0) is 4.79 Å². The van der Waals surface area contributed by atoms with E-state index in [0.29, 0.717) is 0 Å². The molecule has 0 bridgehead atoms. The molecule has 0 spiro atoms. The first-order valence-corrected chi connectivity index (χ1v) is 3.03. The van der Waals surface area contributed by atoms with Crippen LogP contribution in [0.5, 0.6) is 0 Å². The SMILES string of the molecule is CC(N)NC(=O)CC(O)(O)O. The molecule has 6 heteroatoms. The van der Waals surface area contributed by atoms with Crippen LogP contribution in [0.15, 0.2) is 0 Å². The number of carbonyl (C=O) groups is 1. The largest absolute Gasteiger partial charge is 0.343 e. The Balaban J connectivity index is 3.71. The highest BCUT2D eigenvalue weighted by atomic mass is 16.7. The van der Waals surface area contributed by atoms with E-state index < -0.39 is 24.5 Å². The molecular formula is C5H12N2O4. The molecule has 6 N–H and O–H groups in total. The fourth-order valence-corrected chi connectivity index (χ4v) is 0.520. The van der Waals surface area contributed by atoms with Gasteiger partial charge >= 0.3 is 0 Å². The van der Waals surface area contributed by atoms with E-state index in [-0.39, 0.29) is 0 Å². The van der Waals surface area contributed by atoms with Gasteiger partial charge in [0.05, 0.1) is 6.17 Å². The highest BCUT2D eigenvalue weighted by Crippen LogP contribution is 1.98. The Morgan fingerprint density at radius 2 is 2.09 bits per heavy atom. The Morgan fingerprint density at radius 1 is 1.64 bits per heavy atom. The molecule has 0 aliphatic heterocycles. The average molecular weight is 164 g/mol. The normalized spacial score (nSPS) is 14.3. The lowest BCUT2D eigenvalue weighted by Gasteiger charge is -2.14. The van der Waals surface area contributed by atoms with E-state index in [1.54, 1.807) is 0 Å². The van der Waals surface area contributed by atoms with E-state index >= 15 is 0 Å². The molecule has 0 rings (SSSR count). The van der Waals surface area contributed by atoms with Gasteiger partial charge < -0.3 is 26.4 Å². The van der Waals surface area contributed by atoms with Crippen LogP contribution < -0.4 is 11.1 Å². The summed E-state index contributed by atoms with van der Waals surface area (Å²) in [5.74, 6) is -3.69. The predicted molar refractivity (Wildman–Crippen MR) is 35.8 cm³/mol. The van der Waals surface area contributed by atoms with Gasteiger partial charge in [-0.15, -0.1) is 0 Å². The Bertz CT molecular complexity index is 140. The predicted octanol–water partition coefficient (Wildman–Crippen LogP) is -2.57. The summed E-state index contributed by atoms with van der Waals surface area (Å²) in [5, 5.41) is 27.1. The van der Waals surface area contributed by atoms with Crippen LogP contribution in [0.1, 0.15) is 13.3 Å². The van der Waals surface area contributed by atoms with Gasteiger partial charge in [-0.3, -0.25) is 4.79 Å². The Kier molecular flexibility index (Phi) is 3.40. The fourth-order valence-electron chi connectivity index (χ4n) is 0.520. The van der Waals surface area contributed by atoms with Crippen molar-refractivity contribution >= 4 is 5.91 Å². The maximum absolute atomic E-state index is 10.6. The first-order chi connectivity index (χ1) is 4.81. The summed E-state index contributed by atoms with van der Waals surface area (Å²) in [6, 6.07) is 0. The summed E-state index contributed by atoms with van der Waals surface area (Å²) < 4.78 is 0. The summed E-state index contributed by atoms with van der Waals surface area (Å²) in [6.07, 6.45) is -1.39. The molecule has 0 saturated carbocycles. The zero-order valence-corrected chi connectivity index (χ0v) is 6.11. The Morgan fingerprint density at radius 3 is 2.36 bits per heavy atom. The molecule has 0 aliphatic carbocycles. The molecule has 6 nitrogen and oxygen atoms in total. The topological polar surface area (TPSA) is 116 Å². The van der Waals surface area contributed by atoms with Gasteiger partial charge in [-0.05, 0) is 6.92 Å². The highest BCUT2D eigenvalue weighted by Gasteiger charge is 2.23. The van der Waals surface area contributed by atoms with E-state index in [4.69, 9.17) is 21.1 Å². The van der Waals surface area contributed by atoms with Crippen molar-refractivity contribution in [3.05, 3.63) is 0 Å². The quantitative estimate of drug-likeness (QED) is 0.294. The standard InChI is InChI=1S/C5H12N2O4/c1-3(6)7-4(8)2-5(9,10)11/h3,9-11H,2,6H2,1H3,(H,7,8). The minimum atomic E-state index is -2.96. The number of carbonyl (C=O) groups excluding carboxylic acids is 1. The van der Waals surface area contributed by atoms with Crippen LogP contribution in [-0.4, -0.2) is 33.4 Å². The van der Waals surface area contributed by atoms with Crippen molar-refractivity contribution < 1.29 is 20.1 Å². The Labute approximate surface area is 63.6 Å². The molecule has 0 heterocycles. The van der Waals surface area contributed by atoms with E-state index in [9.17, 15) is 4.79 Å². The number of nitrogens with two attached hydrogens (primary N) is 1. The lowest BCUT2D eigenvalue weighted by molar-refractivity contribution is -0.309. The zero-order valence-electron chi connectivity index (χ0n) is 6.11. The summed E-state index contributed by atoms with van der Waals surface area (Å²) >= 11 is 0. The van der Waals surface area contributed by atoms with Crippen molar-refractivity contribution in [1.82, 2.24) is 5.32 Å². The molecule has 0 radical (unpaired) electrons. The van der Waals surface area contributed by atoms with E-state index in [2.05, 4.69) is 5.32 Å². The lowest BCUT2D eigenvalue weighted by Crippen LogP contribution is -2.43. The van der Waals surface area contributed by atoms with Crippen molar-refractivity contribution in [2.75, 3.05) is 0 Å². The highest BCUT2D eigenvalue weighted by molar-refractivity contribution is 5.76. The van der Waals surface area contributed by atoms with Crippen molar-refractivity contribution in [3.63, 3.8) is 0 Å². The minimum Gasteiger partial charge on any atom is -0.343 e. The van der Waals surface area contributed by atoms with Gasteiger partial charge in [0.15, 0.2) is 0 Å². The molecule has 1 atom stereocenters. The number of hydrogen-bond donors (Lipinski definition) is 5. The van der Waals surface area contributed by atoms with Crippen molar-refractivity contribution in [2.24, 2.45) is 5.73 Å². The van der Waals surface area contributed by atoms with Crippen LogP contribution in [0.4, 0.5) is 0 Å². The number of hydrogen-bond acceptors (Lipinski definition) is 5. The van der Waals surface area contributed by atoms with Gasteiger partial charge in [0.25, 0.3) is 5.97 Å². The molecular weight excluding hydrogens is 152 g/mol. The second-order valence-electron chi connectivity index (χ2n) is 2.31. The monoisotopic (exact) mass is 164 g/mol. The summed E-state index contributed by atoms with van der Waals surface area (Å²) in [4.78, 5) is 10.6. The van der Waals surface area contributed by atoms with Gasteiger partial charge in [0, 0.05) is 0 Å². The molecule has 1 unspecified atom stereocenters. The second-order valence-corrected chi connectivity index (χ2v) is 2.31. The molecule has 1 amide bonds. The zero-order chi connectivity index (χ0) is 9.07. The molecule has 0 fully saturated rings. The number of nitrogens with one attached hydrogen (secondary N) is 1. The van der Waals surface area contributed by atoms with Gasteiger partial charge in [-0.2, -0.15) is 0 Å². The van der Waals surface area contributed by atoms with Crippen LogP contribution in [0.25, 0.3) is 0 Å². The molecule has 0 aromatic heterocycles. The van der Waals surface area contributed by atoms with Gasteiger partial charge in [-0.1, -0.05) is 0 Å². The fraction of sp³-hybridized carbons (Fsp3) is 0.800. The first-order valence-electron chi connectivity index (χ1n) is 3.03. The molecule has 0 aliphatic rings. The van der Waals surface area contributed by atoms with Crippen LogP contribution >= 0.6 is 0 Å².